The van der Waals surface area contributed by atoms with Crippen molar-refractivity contribution in [1.29, 1.82) is 0 Å². The zero-order valence-electron chi connectivity index (χ0n) is 15.9. The van der Waals surface area contributed by atoms with E-state index in [-0.39, 0.29) is 24.3 Å². The van der Waals surface area contributed by atoms with Crippen LogP contribution in [0.15, 0.2) is 36.4 Å². The number of rotatable bonds is 4. The Morgan fingerprint density at radius 3 is 2.82 bits per heavy atom. The Kier molecular flexibility index (Phi) is 4.81. The summed E-state index contributed by atoms with van der Waals surface area (Å²) in [6.07, 6.45) is 0.854. The SMILES string of the molecule is COc1ccc(OC)c([C@@H]2CCN(C(=O)c3ccc4c(c3)OCC(=O)N4)C2)c1. The molecule has 1 saturated heterocycles. The minimum Gasteiger partial charge on any atom is -0.497 e. The van der Waals surface area contributed by atoms with Gasteiger partial charge >= 0.3 is 0 Å². The first-order valence-corrected chi connectivity index (χ1v) is 9.17. The molecule has 2 aliphatic rings. The first-order chi connectivity index (χ1) is 13.6. The average molecular weight is 382 g/mol. The van der Waals surface area contributed by atoms with Crippen molar-refractivity contribution in [2.24, 2.45) is 0 Å². The summed E-state index contributed by atoms with van der Waals surface area (Å²) < 4.78 is 16.3. The number of benzene rings is 2. The molecule has 0 spiro atoms. The molecular formula is C21H22N2O5. The highest BCUT2D eigenvalue weighted by molar-refractivity contribution is 5.99. The van der Waals surface area contributed by atoms with Crippen molar-refractivity contribution < 1.29 is 23.8 Å². The molecule has 0 bridgehead atoms. The van der Waals surface area contributed by atoms with Crippen LogP contribution in [0.4, 0.5) is 5.69 Å². The lowest BCUT2D eigenvalue weighted by Crippen LogP contribution is -2.29. The van der Waals surface area contributed by atoms with Crippen LogP contribution in [0.25, 0.3) is 0 Å². The molecule has 2 heterocycles. The van der Waals surface area contributed by atoms with Gasteiger partial charge in [-0.1, -0.05) is 0 Å². The summed E-state index contributed by atoms with van der Waals surface area (Å²) in [5.41, 5.74) is 2.19. The summed E-state index contributed by atoms with van der Waals surface area (Å²) in [5.74, 6) is 2.04. The van der Waals surface area contributed by atoms with Crippen molar-refractivity contribution >= 4 is 17.5 Å². The molecule has 7 nitrogen and oxygen atoms in total. The number of methoxy groups -OCH3 is 2. The molecule has 1 atom stereocenters. The third kappa shape index (κ3) is 3.35. The number of anilines is 1. The normalized spacial score (nSPS) is 18.1. The highest BCUT2D eigenvalue weighted by Gasteiger charge is 2.30. The van der Waals surface area contributed by atoms with Gasteiger partial charge in [-0.3, -0.25) is 9.59 Å². The number of nitrogens with one attached hydrogen (secondary N) is 1. The zero-order chi connectivity index (χ0) is 19.7. The highest BCUT2D eigenvalue weighted by Crippen LogP contribution is 2.37. The number of nitrogens with zero attached hydrogens (tertiary/aromatic N) is 1. The van der Waals surface area contributed by atoms with Crippen molar-refractivity contribution in [3.05, 3.63) is 47.5 Å². The fourth-order valence-electron chi connectivity index (χ4n) is 3.75. The van der Waals surface area contributed by atoms with Gasteiger partial charge in [0, 0.05) is 30.1 Å². The maximum absolute atomic E-state index is 13.0. The van der Waals surface area contributed by atoms with Gasteiger partial charge in [0.15, 0.2) is 6.61 Å². The Bertz CT molecular complexity index is 927. The highest BCUT2D eigenvalue weighted by atomic mass is 16.5. The number of fused-ring (bicyclic) bond motifs is 1. The number of amides is 2. The third-order valence-corrected chi connectivity index (χ3v) is 5.21. The van der Waals surface area contributed by atoms with Crippen LogP contribution >= 0.6 is 0 Å². The maximum Gasteiger partial charge on any atom is 0.262 e. The fourth-order valence-corrected chi connectivity index (χ4v) is 3.75. The topological polar surface area (TPSA) is 77.1 Å². The van der Waals surface area contributed by atoms with E-state index < -0.39 is 0 Å². The summed E-state index contributed by atoms with van der Waals surface area (Å²) in [7, 11) is 3.28. The van der Waals surface area contributed by atoms with Gasteiger partial charge in [0.25, 0.3) is 11.8 Å². The second kappa shape index (κ2) is 7.42. The molecule has 0 unspecified atom stereocenters. The van der Waals surface area contributed by atoms with E-state index in [1.54, 1.807) is 32.4 Å². The number of hydrogen-bond donors (Lipinski definition) is 1. The van der Waals surface area contributed by atoms with Crippen LogP contribution in [0.5, 0.6) is 17.2 Å². The number of hydrogen-bond acceptors (Lipinski definition) is 5. The van der Waals surface area contributed by atoms with Crippen LogP contribution in [0, 0.1) is 0 Å². The molecule has 2 aromatic carbocycles. The van der Waals surface area contributed by atoms with Gasteiger partial charge in [-0.2, -0.15) is 0 Å². The van der Waals surface area contributed by atoms with Gasteiger partial charge in [-0.25, -0.2) is 0 Å². The lowest BCUT2D eigenvalue weighted by Gasteiger charge is -2.21. The van der Waals surface area contributed by atoms with E-state index in [4.69, 9.17) is 14.2 Å². The van der Waals surface area contributed by atoms with Crippen molar-refractivity contribution in [3.8, 4) is 17.2 Å². The van der Waals surface area contributed by atoms with E-state index >= 15 is 0 Å². The van der Waals surface area contributed by atoms with E-state index in [1.165, 1.54) is 0 Å². The number of carbonyl (C=O) groups is 2. The molecule has 0 aromatic heterocycles. The Hall–Kier alpha value is -3.22. The summed E-state index contributed by atoms with van der Waals surface area (Å²) in [4.78, 5) is 26.2. The van der Waals surface area contributed by atoms with Crippen molar-refractivity contribution in [3.63, 3.8) is 0 Å². The smallest absolute Gasteiger partial charge is 0.262 e. The van der Waals surface area contributed by atoms with Gasteiger partial charge in [0.2, 0.25) is 0 Å². The minimum absolute atomic E-state index is 0.0356. The molecule has 4 rings (SSSR count). The van der Waals surface area contributed by atoms with Crippen molar-refractivity contribution in [2.45, 2.75) is 12.3 Å². The predicted molar refractivity (Wildman–Crippen MR) is 103 cm³/mol. The fraction of sp³-hybridized carbons (Fsp3) is 0.333. The summed E-state index contributed by atoms with van der Waals surface area (Å²) >= 11 is 0. The van der Waals surface area contributed by atoms with E-state index in [0.29, 0.717) is 30.1 Å². The van der Waals surface area contributed by atoms with Crippen LogP contribution in [-0.2, 0) is 4.79 Å². The molecule has 2 aliphatic heterocycles. The Morgan fingerprint density at radius 1 is 1.18 bits per heavy atom. The van der Waals surface area contributed by atoms with Crippen LogP contribution in [0.1, 0.15) is 28.3 Å². The van der Waals surface area contributed by atoms with E-state index in [2.05, 4.69) is 5.32 Å². The summed E-state index contributed by atoms with van der Waals surface area (Å²) in [5, 5.41) is 2.73. The largest absolute Gasteiger partial charge is 0.497 e. The van der Waals surface area contributed by atoms with Crippen LogP contribution in [0.3, 0.4) is 0 Å². The van der Waals surface area contributed by atoms with Crippen LogP contribution in [-0.4, -0.2) is 50.6 Å². The summed E-state index contributed by atoms with van der Waals surface area (Å²) in [6.45, 7) is 1.24. The minimum atomic E-state index is -0.193. The van der Waals surface area contributed by atoms with Gasteiger partial charge in [-0.05, 0) is 42.8 Å². The zero-order valence-corrected chi connectivity index (χ0v) is 15.9. The van der Waals surface area contributed by atoms with Crippen LogP contribution < -0.4 is 19.5 Å². The molecule has 0 radical (unpaired) electrons. The lowest BCUT2D eigenvalue weighted by molar-refractivity contribution is -0.118. The average Bonchev–Trinajstić information content (AvgIpc) is 3.22. The molecule has 2 amide bonds. The first-order valence-electron chi connectivity index (χ1n) is 9.17. The molecule has 146 valence electrons. The van der Waals surface area contributed by atoms with E-state index in [9.17, 15) is 9.59 Å². The number of likely N-dealkylation sites (tertiary alicyclic amines) is 1. The monoisotopic (exact) mass is 382 g/mol. The van der Waals surface area contributed by atoms with Gasteiger partial charge in [-0.15, -0.1) is 0 Å². The maximum atomic E-state index is 13.0. The Morgan fingerprint density at radius 2 is 2.04 bits per heavy atom. The summed E-state index contributed by atoms with van der Waals surface area (Å²) in [6, 6.07) is 10.9. The molecule has 0 saturated carbocycles. The quantitative estimate of drug-likeness (QED) is 0.880. The molecule has 7 heteroatoms. The van der Waals surface area contributed by atoms with Crippen molar-refractivity contribution in [2.75, 3.05) is 39.2 Å². The molecule has 1 N–H and O–H groups in total. The Labute approximate surface area is 163 Å². The van der Waals surface area contributed by atoms with Gasteiger partial charge in [0.05, 0.1) is 19.9 Å². The second-order valence-electron chi connectivity index (χ2n) is 6.89. The van der Waals surface area contributed by atoms with Gasteiger partial charge in [0.1, 0.15) is 17.2 Å². The van der Waals surface area contributed by atoms with Crippen molar-refractivity contribution in [1.82, 2.24) is 4.90 Å². The standard InChI is InChI=1S/C21H22N2O5/c1-26-15-4-6-18(27-2)16(10-15)14-7-8-23(11-14)21(25)13-3-5-17-19(9-13)28-12-20(24)22-17/h3-6,9-10,14H,7-8,11-12H2,1-2H3,(H,22,24)/t14-/m1/s1. The molecule has 1 fully saturated rings. The van der Waals surface area contributed by atoms with Gasteiger partial charge < -0.3 is 24.4 Å². The molecule has 28 heavy (non-hydrogen) atoms. The molecular weight excluding hydrogens is 360 g/mol. The predicted octanol–water partition coefficient (Wildman–Crippen LogP) is 2.66. The second-order valence-corrected chi connectivity index (χ2v) is 6.89. The number of carbonyl (C=O) groups excluding carboxylic acids is 2. The third-order valence-electron chi connectivity index (χ3n) is 5.21. The number of ether oxygens (including phenoxy) is 3. The molecule has 2 aromatic rings. The first kappa shape index (κ1) is 18.2. The lowest BCUT2D eigenvalue weighted by atomic mass is 9.97. The van der Waals surface area contributed by atoms with Crippen LogP contribution in [0.2, 0.25) is 0 Å². The van der Waals surface area contributed by atoms with E-state index in [1.807, 2.05) is 23.1 Å². The van der Waals surface area contributed by atoms with E-state index in [0.717, 1.165) is 23.5 Å². The Balaban J connectivity index is 1.52. The molecule has 0 aliphatic carbocycles.